The first-order chi connectivity index (χ1) is 5.19. The van der Waals surface area contributed by atoms with Gasteiger partial charge in [-0.05, 0) is 13.0 Å². The van der Waals surface area contributed by atoms with Crippen LogP contribution in [0, 0.1) is 5.92 Å². The summed E-state index contributed by atoms with van der Waals surface area (Å²) in [6.07, 6.45) is -11.6. The molecule has 0 amide bonds. The lowest BCUT2D eigenvalue weighted by molar-refractivity contribution is -0.284. The topological polar surface area (TPSA) is 26.0 Å². The molecule has 74 valence electrons. The second kappa shape index (κ2) is 3.51. The van der Waals surface area contributed by atoms with Gasteiger partial charge in [-0.2, -0.15) is 26.3 Å². The smallest absolute Gasteiger partial charge is 0.330 e. The predicted molar refractivity (Wildman–Crippen MR) is 29.3 cm³/mol. The first kappa shape index (κ1) is 11.5. The highest BCUT2D eigenvalue weighted by Crippen LogP contribution is 2.40. The van der Waals surface area contributed by atoms with Gasteiger partial charge in [0.15, 0.2) is 5.92 Å². The van der Waals surface area contributed by atoms with Crippen LogP contribution in [-0.4, -0.2) is 18.9 Å². The van der Waals surface area contributed by atoms with Crippen LogP contribution in [0.3, 0.4) is 0 Å². The van der Waals surface area contributed by atoms with Gasteiger partial charge in [-0.15, -0.1) is 0 Å². The van der Waals surface area contributed by atoms with Crippen LogP contribution in [0.1, 0.15) is 6.42 Å². The molecule has 0 heterocycles. The molecule has 0 bridgehead atoms. The van der Waals surface area contributed by atoms with E-state index in [2.05, 4.69) is 5.73 Å². The lowest BCUT2D eigenvalue weighted by Crippen LogP contribution is -2.37. The van der Waals surface area contributed by atoms with Gasteiger partial charge in [0.05, 0.1) is 0 Å². The maximum Gasteiger partial charge on any atom is 0.400 e. The molecule has 0 aromatic heterocycles. The van der Waals surface area contributed by atoms with E-state index < -0.39 is 31.2 Å². The quantitative estimate of drug-likeness (QED) is 0.670. The van der Waals surface area contributed by atoms with E-state index in [9.17, 15) is 26.3 Å². The molecule has 12 heavy (non-hydrogen) atoms. The van der Waals surface area contributed by atoms with Gasteiger partial charge in [-0.3, -0.25) is 0 Å². The van der Waals surface area contributed by atoms with Crippen LogP contribution in [0.5, 0.6) is 0 Å². The average molecular weight is 195 g/mol. The minimum Gasteiger partial charge on any atom is -0.330 e. The highest BCUT2D eigenvalue weighted by molar-refractivity contribution is 4.75. The number of hydrogen-bond acceptors (Lipinski definition) is 1. The van der Waals surface area contributed by atoms with Gasteiger partial charge >= 0.3 is 12.4 Å². The Balaban J connectivity index is 4.45. The van der Waals surface area contributed by atoms with Crippen LogP contribution in [0.4, 0.5) is 26.3 Å². The van der Waals surface area contributed by atoms with Crippen LogP contribution in [-0.2, 0) is 0 Å². The van der Waals surface area contributed by atoms with E-state index in [-0.39, 0.29) is 0 Å². The van der Waals surface area contributed by atoms with Gasteiger partial charge < -0.3 is 5.73 Å². The Hall–Kier alpha value is -0.460. The first-order valence-electron chi connectivity index (χ1n) is 3.03. The summed E-state index contributed by atoms with van der Waals surface area (Å²) in [6, 6.07) is 0. The maximum absolute atomic E-state index is 11.6. The predicted octanol–water partition coefficient (Wildman–Crippen LogP) is 2.08. The van der Waals surface area contributed by atoms with Crippen molar-refractivity contribution in [2.24, 2.45) is 11.7 Å². The third kappa shape index (κ3) is 3.29. The van der Waals surface area contributed by atoms with E-state index in [0.29, 0.717) is 0 Å². The van der Waals surface area contributed by atoms with Crippen molar-refractivity contribution in [1.29, 1.82) is 0 Å². The summed E-state index contributed by atoms with van der Waals surface area (Å²) >= 11 is 0. The second-order valence-corrected chi connectivity index (χ2v) is 2.21. The van der Waals surface area contributed by atoms with E-state index >= 15 is 0 Å². The highest BCUT2D eigenvalue weighted by Gasteiger charge is 2.55. The normalized spacial score (nSPS) is 14.0. The molecule has 1 nitrogen and oxygen atoms in total. The lowest BCUT2D eigenvalue weighted by atomic mass is 10.1. The van der Waals surface area contributed by atoms with Crippen LogP contribution in [0.25, 0.3) is 0 Å². The largest absolute Gasteiger partial charge is 0.400 e. The molecule has 0 fully saturated rings. The SMILES string of the molecule is NCCC(C(F)(F)F)C(F)(F)F. The van der Waals surface area contributed by atoms with E-state index in [4.69, 9.17) is 0 Å². The molecule has 0 aliphatic heterocycles. The highest BCUT2D eigenvalue weighted by atomic mass is 19.4. The molecule has 7 heteroatoms. The summed E-state index contributed by atoms with van der Waals surface area (Å²) in [7, 11) is 0. The number of rotatable bonds is 2. The van der Waals surface area contributed by atoms with Crippen LogP contribution in [0.2, 0.25) is 0 Å². The molecule has 0 aliphatic rings. The number of hydrogen-bond donors (Lipinski definition) is 1. The van der Waals surface area contributed by atoms with E-state index in [1.54, 1.807) is 0 Å². The number of alkyl halides is 6. The summed E-state index contributed by atoms with van der Waals surface area (Å²) in [5.41, 5.74) is 4.62. The zero-order valence-electron chi connectivity index (χ0n) is 5.84. The van der Waals surface area contributed by atoms with E-state index in [1.165, 1.54) is 0 Å². The van der Waals surface area contributed by atoms with Gasteiger partial charge in [0.2, 0.25) is 0 Å². The van der Waals surface area contributed by atoms with Crippen molar-refractivity contribution in [2.45, 2.75) is 18.8 Å². The van der Waals surface area contributed by atoms with Crippen molar-refractivity contribution in [3.8, 4) is 0 Å². The molecule has 0 aliphatic carbocycles. The van der Waals surface area contributed by atoms with Gasteiger partial charge in [-0.1, -0.05) is 0 Å². The molecule has 0 aromatic carbocycles. The second-order valence-electron chi connectivity index (χ2n) is 2.21. The van der Waals surface area contributed by atoms with Gasteiger partial charge in [0.1, 0.15) is 0 Å². The van der Waals surface area contributed by atoms with Crippen molar-refractivity contribution < 1.29 is 26.3 Å². The molecule has 0 radical (unpaired) electrons. The number of halogens is 6. The van der Waals surface area contributed by atoms with Crippen molar-refractivity contribution in [2.75, 3.05) is 6.54 Å². The average Bonchev–Trinajstić information content (AvgIpc) is 1.77. The minimum absolute atomic E-state index is 0.635. The van der Waals surface area contributed by atoms with Crippen LogP contribution < -0.4 is 5.73 Å². The Morgan fingerprint density at radius 3 is 1.33 bits per heavy atom. The monoisotopic (exact) mass is 195 g/mol. The van der Waals surface area contributed by atoms with Crippen molar-refractivity contribution >= 4 is 0 Å². The Labute approximate surface area is 64.5 Å². The molecular weight excluding hydrogens is 188 g/mol. The summed E-state index contributed by atoms with van der Waals surface area (Å²) in [4.78, 5) is 0. The third-order valence-corrected chi connectivity index (χ3v) is 1.25. The fraction of sp³-hybridized carbons (Fsp3) is 1.00. The Morgan fingerprint density at radius 1 is 0.917 bits per heavy atom. The Kier molecular flexibility index (Phi) is 3.37. The molecule has 2 N–H and O–H groups in total. The standard InChI is InChI=1S/C5H7F6N/c6-4(7,8)3(1-2-12)5(9,10)11/h3H,1-2,12H2. The van der Waals surface area contributed by atoms with Crippen molar-refractivity contribution in [3.05, 3.63) is 0 Å². The van der Waals surface area contributed by atoms with E-state index in [0.717, 1.165) is 0 Å². The molecule has 0 atom stereocenters. The molecule has 0 spiro atoms. The summed E-state index contributed by atoms with van der Waals surface area (Å²) in [5, 5.41) is 0. The minimum atomic E-state index is -5.25. The molecule has 0 saturated heterocycles. The summed E-state index contributed by atoms with van der Waals surface area (Å²) in [5.74, 6) is -3.30. The first-order valence-corrected chi connectivity index (χ1v) is 3.03. The van der Waals surface area contributed by atoms with Crippen LogP contribution >= 0.6 is 0 Å². The molecule has 0 aromatic rings. The van der Waals surface area contributed by atoms with Crippen molar-refractivity contribution in [3.63, 3.8) is 0 Å². The lowest BCUT2D eigenvalue weighted by Gasteiger charge is -2.21. The fourth-order valence-corrected chi connectivity index (χ4v) is 0.680. The molecule has 0 saturated carbocycles. The summed E-state index contributed by atoms with van der Waals surface area (Å²) in [6.45, 7) is -0.635. The van der Waals surface area contributed by atoms with Gasteiger partial charge in [0, 0.05) is 0 Å². The van der Waals surface area contributed by atoms with Crippen molar-refractivity contribution in [1.82, 2.24) is 0 Å². The Morgan fingerprint density at radius 2 is 1.25 bits per heavy atom. The van der Waals surface area contributed by atoms with E-state index in [1.807, 2.05) is 0 Å². The van der Waals surface area contributed by atoms with Crippen LogP contribution in [0.15, 0.2) is 0 Å². The fourth-order valence-electron chi connectivity index (χ4n) is 0.680. The zero-order valence-corrected chi connectivity index (χ0v) is 5.84. The molecular formula is C5H7F6N. The number of nitrogens with two attached hydrogens (primary N) is 1. The summed E-state index contributed by atoms with van der Waals surface area (Å²) < 4.78 is 69.8. The third-order valence-electron chi connectivity index (χ3n) is 1.25. The van der Waals surface area contributed by atoms with Gasteiger partial charge in [-0.25, -0.2) is 0 Å². The maximum atomic E-state index is 11.6. The Bertz CT molecular complexity index is 122. The molecule has 0 unspecified atom stereocenters. The van der Waals surface area contributed by atoms with Gasteiger partial charge in [0.25, 0.3) is 0 Å². The molecule has 0 rings (SSSR count). The zero-order chi connectivity index (χ0) is 9.99.